The number of rotatable bonds is 12. The van der Waals surface area contributed by atoms with Gasteiger partial charge in [-0.25, -0.2) is 0 Å². The molecule has 2 N–H and O–H groups in total. The molecule has 2 aromatic heterocycles. The van der Waals surface area contributed by atoms with Gasteiger partial charge in [0.15, 0.2) is 12.3 Å². The van der Waals surface area contributed by atoms with Crippen LogP contribution < -0.4 is 14.2 Å². The van der Waals surface area contributed by atoms with Gasteiger partial charge in [-0.2, -0.15) is 21.4 Å². The number of hydrogen-bond donors (Lipinski definition) is 2. The molecule has 11 nitrogen and oxygen atoms in total. The Kier molecular flexibility index (Phi) is 8.99. The molecular weight excluding hydrogens is 618 g/mol. The molecule has 14 heteroatoms. The number of allylic oxidation sites excluding steroid dienone is 2. The van der Waals surface area contributed by atoms with Crippen LogP contribution >= 0.6 is 11.6 Å². The quantitative estimate of drug-likeness (QED) is 0.155. The summed E-state index contributed by atoms with van der Waals surface area (Å²) in [4.78, 5) is 1.80. The largest absolute Gasteiger partial charge is 0.439 e. The Hall–Kier alpha value is -3.62. The number of fused-ring (bicyclic) bond motifs is 2. The highest BCUT2D eigenvalue weighted by atomic mass is 35.5. The van der Waals surface area contributed by atoms with Crippen molar-refractivity contribution in [1.29, 1.82) is 0 Å². The van der Waals surface area contributed by atoms with Crippen molar-refractivity contribution < 1.29 is 39.7 Å². The van der Waals surface area contributed by atoms with E-state index < -0.39 is 31.7 Å². The van der Waals surface area contributed by atoms with Crippen molar-refractivity contribution in [2.75, 3.05) is 23.0 Å². The molecule has 1 aliphatic rings. The maximum Gasteiger partial charge on any atom is 0.374 e. The average Bonchev–Trinajstić information content (AvgIpc) is 3.65. The summed E-state index contributed by atoms with van der Waals surface area (Å²) in [5.41, 5.74) is 3.73. The number of ether oxygens (including phenoxy) is 1. The summed E-state index contributed by atoms with van der Waals surface area (Å²) in [7, 11) is -8.27. The highest BCUT2D eigenvalue weighted by Gasteiger charge is 2.28. The third-order valence-electron chi connectivity index (χ3n) is 6.90. The summed E-state index contributed by atoms with van der Waals surface area (Å²) in [6, 6.07) is 14.7. The lowest BCUT2D eigenvalue weighted by atomic mass is 10.1. The van der Waals surface area contributed by atoms with Crippen LogP contribution in [0.5, 0.6) is 5.75 Å². The van der Waals surface area contributed by atoms with Gasteiger partial charge in [0, 0.05) is 42.5 Å². The van der Waals surface area contributed by atoms with E-state index in [4.69, 9.17) is 20.8 Å². The van der Waals surface area contributed by atoms with E-state index in [1.807, 2.05) is 70.9 Å². The van der Waals surface area contributed by atoms with E-state index in [1.165, 1.54) is 0 Å². The number of oxazole rings is 1. The lowest BCUT2D eigenvalue weighted by molar-refractivity contribution is -0.677. The van der Waals surface area contributed by atoms with Gasteiger partial charge in [-0.3, -0.25) is 9.11 Å². The highest BCUT2D eigenvalue weighted by molar-refractivity contribution is 7.86. The van der Waals surface area contributed by atoms with E-state index in [0.717, 1.165) is 16.8 Å². The van der Waals surface area contributed by atoms with E-state index >= 15 is 0 Å². The molecule has 0 bridgehead atoms. The Morgan fingerprint density at radius 1 is 1.00 bits per heavy atom. The van der Waals surface area contributed by atoms with Crippen LogP contribution in [0, 0.1) is 0 Å². The Bertz CT molecular complexity index is 1910. The van der Waals surface area contributed by atoms with Crippen molar-refractivity contribution in [3.63, 3.8) is 0 Å². The number of halogens is 1. The lowest BCUT2D eigenvalue weighted by Crippen LogP contribution is -2.36. The molecule has 0 fully saturated rings. The van der Waals surface area contributed by atoms with Crippen LogP contribution in [0.4, 0.5) is 5.69 Å². The van der Waals surface area contributed by atoms with Crippen LogP contribution in [0.3, 0.4) is 0 Å². The molecule has 1 aliphatic heterocycles. The highest BCUT2D eigenvalue weighted by Crippen LogP contribution is 2.41. The van der Waals surface area contributed by atoms with Crippen molar-refractivity contribution in [2.24, 2.45) is 0 Å². The second-order valence-electron chi connectivity index (χ2n) is 10.0. The number of nitrogens with zero attached hydrogens (tertiary/aromatic N) is 3. The average molecular weight is 649 g/mol. The van der Waals surface area contributed by atoms with E-state index in [1.54, 1.807) is 23.1 Å². The van der Waals surface area contributed by atoms with Crippen LogP contribution in [0.25, 0.3) is 22.9 Å². The first-order chi connectivity index (χ1) is 20.4. The number of aryl methyl sites for hydroxylation is 1. The summed E-state index contributed by atoms with van der Waals surface area (Å²) in [5.74, 6) is 0.672. The summed E-state index contributed by atoms with van der Waals surface area (Å²) < 4.78 is 80.2. The Labute approximate surface area is 254 Å². The Balaban J connectivity index is 1.53. The topological polar surface area (TPSA) is 143 Å². The van der Waals surface area contributed by atoms with Gasteiger partial charge in [0.25, 0.3) is 25.8 Å². The van der Waals surface area contributed by atoms with Gasteiger partial charge in [-0.15, -0.1) is 0 Å². The number of anilines is 1. The van der Waals surface area contributed by atoms with Crippen molar-refractivity contribution >= 4 is 54.7 Å². The standard InChI is InChI=1S/C29H30ClN3O8S2/c1-2-21(17-28-32(13-5-15-42(34,35)36)24-19-22(30)7-9-26(24)40-28)18-29-33(14-6-16-43(37,38)39)25-20-23(8-10-27(25)41-29)31-11-3-4-12-31/h3-4,7-12,17-20H,2,5-6,13-16H2,1H3,(H-,34,35,36,37,38,39)/p+1. The van der Waals surface area contributed by atoms with Gasteiger partial charge >= 0.3 is 5.89 Å². The molecule has 43 heavy (non-hydrogen) atoms. The fourth-order valence-electron chi connectivity index (χ4n) is 4.88. The first-order valence-corrected chi connectivity index (χ1v) is 17.2. The van der Waals surface area contributed by atoms with E-state index in [9.17, 15) is 25.9 Å². The monoisotopic (exact) mass is 648 g/mol. The van der Waals surface area contributed by atoms with Crippen molar-refractivity contribution in [2.45, 2.75) is 32.7 Å². The molecule has 2 aromatic carbocycles. The smallest absolute Gasteiger partial charge is 0.374 e. The molecule has 4 aromatic rings. The molecule has 0 spiro atoms. The molecule has 5 rings (SSSR count). The van der Waals surface area contributed by atoms with Crippen molar-refractivity contribution in [3.8, 4) is 11.4 Å². The van der Waals surface area contributed by atoms with Gasteiger partial charge < -0.3 is 18.6 Å². The second kappa shape index (κ2) is 12.5. The molecule has 0 radical (unpaired) electrons. The minimum Gasteiger partial charge on any atom is -0.439 e. The zero-order valence-corrected chi connectivity index (χ0v) is 25.6. The molecule has 0 unspecified atom stereocenters. The van der Waals surface area contributed by atoms with Gasteiger partial charge in [-0.05, 0) is 60.9 Å². The molecule has 0 saturated carbocycles. The van der Waals surface area contributed by atoms with Gasteiger partial charge in [0.1, 0.15) is 0 Å². The maximum atomic E-state index is 11.4. The third-order valence-corrected chi connectivity index (χ3v) is 8.75. The Morgan fingerprint density at radius 2 is 1.72 bits per heavy atom. The normalized spacial score (nSPS) is 14.9. The molecule has 0 saturated heterocycles. The van der Waals surface area contributed by atoms with E-state index in [0.29, 0.717) is 40.2 Å². The first kappa shape index (κ1) is 30.8. The summed E-state index contributed by atoms with van der Waals surface area (Å²) in [6.45, 7) is 2.47. The number of aromatic nitrogens is 2. The third kappa shape index (κ3) is 7.67. The van der Waals surface area contributed by atoms with Gasteiger partial charge in [0.2, 0.25) is 11.5 Å². The number of benzene rings is 2. The molecule has 0 aliphatic carbocycles. The van der Waals surface area contributed by atoms with Crippen LogP contribution in [-0.2, 0) is 26.8 Å². The van der Waals surface area contributed by atoms with E-state index in [2.05, 4.69) is 0 Å². The van der Waals surface area contributed by atoms with E-state index in [-0.39, 0.29) is 25.9 Å². The first-order valence-electron chi connectivity index (χ1n) is 13.6. The number of hydrogen-bond acceptors (Lipinski definition) is 7. The summed E-state index contributed by atoms with van der Waals surface area (Å²) >= 11 is 6.23. The fraction of sp³-hybridized carbons (Fsp3) is 0.276. The minimum atomic E-state index is -4.14. The molecular formula is C29H31ClN3O8S2+. The zero-order chi connectivity index (χ0) is 30.8. The van der Waals surface area contributed by atoms with Crippen molar-refractivity contribution in [3.05, 3.63) is 89.4 Å². The Morgan fingerprint density at radius 3 is 2.42 bits per heavy atom. The predicted molar refractivity (Wildman–Crippen MR) is 164 cm³/mol. The van der Waals surface area contributed by atoms with Crippen LogP contribution in [0.1, 0.15) is 32.1 Å². The van der Waals surface area contributed by atoms with Crippen LogP contribution in [0.2, 0.25) is 5.02 Å². The predicted octanol–water partition coefficient (Wildman–Crippen LogP) is 5.25. The maximum absolute atomic E-state index is 11.4. The molecule has 0 atom stereocenters. The second-order valence-corrected chi connectivity index (χ2v) is 13.6. The lowest BCUT2D eigenvalue weighted by Gasteiger charge is -2.18. The van der Waals surface area contributed by atoms with Crippen LogP contribution in [-0.4, -0.2) is 48.6 Å². The summed E-state index contributed by atoms with van der Waals surface area (Å²) in [5, 5.41) is 0.488. The molecule has 228 valence electrons. The minimum absolute atomic E-state index is 0.151. The van der Waals surface area contributed by atoms with Crippen molar-refractivity contribution in [1.82, 2.24) is 4.57 Å². The molecule has 0 amide bonds. The van der Waals surface area contributed by atoms with Gasteiger partial charge in [-0.1, -0.05) is 18.5 Å². The summed E-state index contributed by atoms with van der Waals surface area (Å²) in [6.07, 6.45) is 8.38. The fourth-order valence-corrected chi connectivity index (χ4v) is 6.03. The van der Waals surface area contributed by atoms with Gasteiger partial charge in [0.05, 0.1) is 29.0 Å². The SMILES string of the molecule is CCC(=Cc1oc2ccc(-n3cccc3)cc2[n+]1CCCS(=O)(=O)O)C=C1Oc2ccc(Cl)cc2N1CCCS(=O)(=O)O. The zero-order valence-electron chi connectivity index (χ0n) is 23.3. The van der Waals surface area contributed by atoms with Crippen LogP contribution in [0.15, 0.2) is 82.9 Å². The molecule has 3 heterocycles.